The highest BCUT2D eigenvalue weighted by atomic mass is 14.9. The van der Waals surface area contributed by atoms with Gasteiger partial charge in [-0.15, -0.1) is 0 Å². The van der Waals surface area contributed by atoms with Gasteiger partial charge >= 0.3 is 0 Å². The van der Waals surface area contributed by atoms with Crippen molar-refractivity contribution in [2.45, 2.75) is 26.3 Å². The number of anilines is 1. The highest BCUT2D eigenvalue weighted by Crippen LogP contribution is 2.36. The maximum atomic E-state index is 3.69. The second kappa shape index (κ2) is 4.49. The summed E-state index contributed by atoms with van der Waals surface area (Å²) in [5.74, 6) is 0.627. The van der Waals surface area contributed by atoms with Crippen molar-refractivity contribution in [3.63, 3.8) is 0 Å². The van der Waals surface area contributed by atoms with E-state index >= 15 is 0 Å². The lowest BCUT2D eigenvalue weighted by Gasteiger charge is -2.33. The van der Waals surface area contributed by atoms with E-state index in [9.17, 15) is 0 Å². The SMILES string of the molecule is Cc1cccc(C2Nc3ccccc3CC2C)c1. The molecule has 0 saturated carbocycles. The monoisotopic (exact) mass is 237 g/mol. The quantitative estimate of drug-likeness (QED) is 0.778. The van der Waals surface area contributed by atoms with Crippen molar-refractivity contribution in [2.75, 3.05) is 5.32 Å². The van der Waals surface area contributed by atoms with Crippen molar-refractivity contribution in [1.29, 1.82) is 0 Å². The van der Waals surface area contributed by atoms with Crippen molar-refractivity contribution >= 4 is 5.69 Å². The zero-order valence-corrected chi connectivity index (χ0v) is 11.0. The topological polar surface area (TPSA) is 12.0 Å². The van der Waals surface area contributed by atoms with E-state index in [1.807, 2.05) is 0 Å². The van der Waals surface area contributed by atoms with Gasteiger partial charge in [-0.05, 0) is 36.5 Å². The Kier molecular flexibility index (Phi) is 2.83. The summed E-state index contributed by atoms with van der Waals surface area (Å²) in [6.07, 6.45) is 1.15. The smallest absolute Gasteiger partial charge is 0.0542 e. The van der Waals surface area contributed by atoms with E-state index in [2.05, 4.69) is 67.7 Å². The average Bonchev–Trinajstić information content (AvgIpc) is 2.38. The zero-order chi connectivity index (χ0) is 12.5. The number of fused-ring (bicyclic) bond motifs is 1. The van der Waals surface area contributed by atoms with E-state index in [0.29, 0.717) is 12.0 Å². The van der Waals surface area contributed by atoms with Crippen molar-refractivity contribution in [2.24, 2.45) is 5.92 Å². The first-order valence-corrected chi connectivity index (χ1v) is 6.65. The summed E-state index contributed by atoms with van der Waals surface area (Å²) < 4.78 is 0. The molecule has 1 nitrogen and oxygen atoms in total. The third-order valence-electron chi connectivity index (χ3n) is 3.84. The summed E-state index contributed by atoms with van der Waals surface area (Å²) in [7, 11) is 0. The number of hydrogen-bond donors (Lipinski definition) is 1. The van der Waals surface area contributed by atoms with E-state index in [0.717, 1.165) is 6.42 Å². The molecule has 1 N–H and O–H groups in total. The fourth-order valence-electron chi connectivity index (χ4n) is 2.89. The molecule has 0 radical (unpaired) electrons. The molecule has 1 aliphatic heterocycles. The standard InChI is InChI=1S/C17H19N/c1-12-6-5-8-15(10-12)17-13(2)11-14-7-3-4-9-16(14)18-17/h3-10,13,17-18H,11H2,1-2H3. The number of hydrogen-bond acceptors (Lipinski definition) is 1. The molecule has 0 aliphatic carbocycles. The van der Waals surface area contributed by atoms with Crippen LogP contribution in [0.1, 0.15) is 29.7 Å². The Bertz CT molecular complexity index is 559. The molecule has 18 heavy (non-hydrogen) atoms. The van der Waals surface area contributed by atoms with Crippen LogP contribution in [-0.2, 0) is 6.42 Å². The molecule has 0 fully saturated rings. The first-order chi connectivity index (χ1) is 8.74. The van der Waals surface area contributed by atoms with Gasteiger partial charge in [-0.3, -0.25) is 0 Å². The summed E-state index contributed by atoms with van der Waals surface area (Å²) in [5.41, 5.74) is 5.47. The molecular weight excluding hydrogens is 218 g/mol. The predicted octanol–water partition coefficient (Wildman–Crippen LogP) is 4.34. The van der Waals surface area contributed by atoms with Gasteiger partial charge in [-0.25, -0.2) is 0 Å². The van der Waals surface area contributed by atoms with Crippen molar-refractivity contribution in [3.05, 3.63) is 65.2 Å². The van der Waals surface area contributed by atoms with Crippen LogP contribution in [0.2, 0.25) is 0 Å². The summed E-state index contributed by atoms with van der Waals surface area (Å²) in [6, 6.07) is 17.9. The average molecular weight is 237 g/mol. The molecule has 0 saturated heterocycles. The van der Waals surface area contributed by atoms with Crippen LogP contribution >= 0.6 is 0 Å². The summed E-state index contributed by atoms with van der Waals surface area (Å²) in [4.78, 5) is 0. The Labute approximate surface area is 109 Å². The van der Waals surface area contributed by atoms with E-state index in [1.165, 1.54) is 22.4 Å². The summed E-state index contributed by atoms with van der Waals surface area (Å²) in [5, 5.41) is 3.69. The van der Waals surface area contributed by atoms with Crippen LogP contribution < -0.4 is 5.32 Å². The summed E-state index contributed by atoms with van der Waals surface area (Å²) >= 11 is 0. The number of aryl methyl sites for hydroxylation is 1. The zero-order valence-electron chi connectivity index (χ0n) is 11.0. The molecule has 2 atom stereocenters. The fourth-order valence-corrected chi connectivity index (χ4v) is 2.89. The lowest BCUT2D eigenvalue weighted by Crippen LogP contribution is -2.26. The van der Waals surface area contributed by atoms with Gasteiger partial charge in [0.15, 0.2) is 0 Å². The fraction of sp³-hybridized carbons (Fsp3) is 0.294. The van der Waals surface area contributed by atoms with Crippen molar-refractivity contribution in [3.8, 4) is 0 Å². The van der Waals surface area contributed by atoms with Gasteiger partial charge in [-0.2, -0.15) is 0 Å². The third kappa shape index (κ3) is 2.01. The first kappa shape index (κ1) is 11.3. The molecule has 0 amide bonds. The largest absolute Gasteiger partial charge is 0.378 e. The van der Waals surface area contributed by atoms with Gasteiger partial charge in [0, 0.05) is 5.69 Å². The number of rotatable bonds is 1. The molecule has 0 aromatic heterocycles. The Morgan fingerprint density at radius 3 is 2.72 bits per heavy atom. The molecule has 1 heteroatoms. The minimum absolute atomic E-state index is 0.430. The Morgan fingerprint density at radius 1 is 1.06 bits per heavy atom. The second-order valence-electron chi connectivity index (χ2n) is 5.37. The number of benzene rings is 2. The number of para-hydroxylation sites is 1. The van der Waals surface area contributed by atoms with Crippen LogP contribution in [0.25, 0.3) is 0 Å². The molecule has 2 unspecified atom stereocenters. The normalized spacial score (nSPS) is 22.1. The van der Waals surface area contributed by atoms with Crippen LogP contribution in [0.4, 0.5) is 5.69 Å². The van der Waals surface area contributed by atoms with Crippen LogP contribution in [0.5, 0.6) is 0 Å². The van der Waals surface area contributed by atoms with Crippen LogP contribution in [0.15, 0.2) is 48.5 Å². The van der Waals surface area contributed by atoms with E-state index in [-0.39, 0.29) is 0 Å². The van der Waals surface area contributed by atoms with Gasteiger partial charge in [0.25, 0.3) is 0 Å². The van der Waals surface area contributed by atoms with Gasteiger partial charge in [0.05, 0.1) is 6.04 Å². The first-order valence-electron chi connectivity index (χ1n) is 6.65. The molecule has 0 bridgehead atoms. The maximum absolute atomic E-state index is 3.69. The molecule has 0 spiro atoms. The number of nitrogens with one attached hydrogen (secondary N) is 1. The minimum atomic E-state index is 0.430. The highest BCUT2D eigenvalue weighted by molar-refractivity contribution is 5.55. The van der Waals surface area contributed by atoms with Gasteiger partial charge in [0.2, 0.25) is 0 Å². The van der Waals surface area contributed by atoms with Gasteiger partial charge < -0.3 is 5.32 Å². The Balaban J connectivity index is 1.96. The van der Waals surface area contributed by atoms with Crippen molar-refractivity contribution in [1.82, 2.24) is 0 Å². The summed E-state index contributed by atoms with van der Waals surface area (Å²) in [6.45, 7) is 4.49. The Hall–Kier alpha value is -1.76. The molecule has 3 rings (SSSR count). The minimum Gasteiger partial charge on any atom is -0.378 e. The van der Waals surface area contributed by atoms with Gasteiger partial charge in [0.1, 0.15) is 0 Å². The second-order valence-corrected chi connectivity index (χ2v) is 5.37. The highest BCUT2D eigenvalue weighted by Gasteiger charge is 2.25. The van der Waals surface area contributed by atoms with Crippen LogP contribution in [0.3, 0.4) is 0 Å². The molecule has 2 aromatic rings. The van der Waals surface area contributed by atoms with E-state index in [1.54, 1.807) is 0 Å². The van der Waals surface area contributed by atoms with Crippen LogP contribution in [0, 0.1) is 12.8 Å². The molecule has 92 valence electrons. The molecular formula is C17H19N. The van der Waals surface area contributed by atoms with Gasteiger partial charge in [-0.1, -0.05) is 55.0 Å². The van der Waals surface area contributed by atoms with E-state index in [4.69, 9.17) is 0 Å². The Morgan fingerprint density at radius 2 is 1.89 bits per heavy atom. The molecule has 2 aromatic carbocycles. The van der Waals surface area contributed by atoms with Crippen molar-refractivity contribution < 1.29 is 0 Å². The molecule has 1 aliphatic rings. The lowest BCUT2D eigenvalue weighted by molar-refractivity contribution is 0.479. The predicted molar refractivity (Wildman–Crippen MR) is 76.9 cm³/mol. The molecule has 1 heterocycles. The lowest BCUT2D eigenvalue weighted by atomic mass is 9.84. The van der Waals surface area contributed by atoms with E-state index < -0.39 is 0 Å². The third-order valence-corrected chi connectivity index (χ3v) is 3.84. The van der Waals surface area contributed by atoms with Crippen LogP contribution in [-0.4, -0.2) is 0 Å². The maximum Gasteiger partial charge on any atom is 0.0542 e.